The van der Waals surface area contributed by atoms with Gasteiger partial charge >= 0.3 is 0 Å². The maximum Gasteiger partial charge on any atom is 0.273 e. The molecular weight excluding hydrogens is 339 g/mol. The van der Waals surface area contributed by atoms with Crippen molar-refractivity contribution in [2.75, 3.05) is 6.61 Å². The molecule has 3 rings (SSSR count). The summed E-state index contributed by atoms with van der Waals surface area (Å²) in [6, 6.07) is 11.7. The van der Waals surface area contributed by atoms with Crippen molar-refractivity contribution in [3.63, 3.8) is 0 Å². The van der Waals surface area contributed by atoms with Gasteiger partial charge in [-0.05, 0) is 31.9 Å². The van der Waals surface area contributed by atoms with Crippen molar-refractivity contribution >= 4 is 11.6 Å². The van der Waals surface area contributed by atoms with Gasteiger partial charge in [-0.2, -0.15) is 0 Å². The number of halogens is 1. The van der Waals surface area contributed by atoms with Crippen LogP contribution in [0.1, 0.15) is 31.4 Å². The molecule has 26 heavy (non-hydrogen) atoms. The fourth-order valence-electron chi connectivity index (χ4n) is 2.96. The van der Waals surface area contributed by atoms with Crippen molar-refractivity contribution in [2.24, 2.45) is 0 Å². The number of carbonyl (C=O) groups excluding carboxylic acids is 1. The fraction of sp³-hybridized carbons (Fsp3) is 0.316. The number of ether oxygens (including phenoxy) is 1. The molecule has 1 fully saturated rings. The molecular formula is C19H19FN2O4. The topological polar surface area (TPSA) is 72.7 Å². The van der Waals surface area contributed by atoms with Gasteiger partial charge in [0.15, 0.2) is 6.61 Å². The Morgan fingerprint density at radius 1 is 1.31 bits per heavy atom. The molecule has 0 spiro atoms. The molecule has 2 aromatic rings. The molecule has 0 N–H and O–H groups in total. The number of benzene rings is 2. The number of non-ortho nitro benzene ring substituents is 1. The first-order chi connectivity index (χ1) is 12.5. The Hall–Kier alpha value is -2.96. The summed E-state index contributed by atoms with van der Waals surface area (Å²) in [6.07, 6.45) is 1.75. The molecule has 1 atom stereocenters. The summed E-state index contributed by atoms with van der Waals surface area (Å²) >= 11 is 0. The molecule has 0 heterocycles. The number of nitro groups is 1. The van der Waals surface area contributed by atoms with Crippen molar-refractivity contribution in [3.05, 3.63) is 70.0 Å². The van der Waals surface area contributed by atoms with Crippen LogP contribution in [0.3, 0.4) is 0 Å². The van der Waals surface area contributed by atoms with E-state index in [-0.39, 0.29) is 35.8 Å². The molecule has 2 aromatic carbocycles. The number of rotatable bonds is 7. The summed E-state index contributed by atoms with van der Waals surface area (Å²) < 4.78 is 19.5. The Kier molecular flexibility index (Phi) is 5.16. The van der Waals surface area contributed by atoms with Crippen molar-refractivity contribution in [1.82, 2.24) is 4.90 Å². The predicted molar refractivity (Wildman–Crippen MR) is 93.3 cm³/mol. The van der Waals surface area contributed by atoms with Gasteiger partial charge in [0.25, 0.3) is 11.6 Å². The first-order valence-corrected chi connectivity index (χ1v) is 8.40. The molecule has 0 bridgehead atoms. The average molecular weight is 358 g/mol. The van der Waals surface area contributed by atoms with E-state index in [1.807, 2.05) is 0 Å². The van der Waals surface area contributed by atoms with Crippen molar-refractivity contribution in [1.29, 1.82) is 0 Å². The monoisotopic (exact) mass is 358 g/mol. The van der Waals surface area contributed by atoms with Gasteiger partial charge in [0.2, 0.25) is 0 Å². The lowest BCUT2D eigenvalue weighted by molar-refractivity contribution is -0.384. The van der Waals surface area contributed by atoms with Crippen molar-refractivity contribution in [2.45, 2.75) is 31.8 Å². The van der Waals surface area contributed by atoms with Crippen LogP contribution in [0.2, 0.25) is 0 Å². The number of hydrogen-bond donors (Lipinski definition) is 0. The van der Waals surface area contributed by atoms with Crippen LogP contribution in [0.5, 0.6) is 5.75 Å². The van der Waals surface area contributed by atoms with E-state index in [4.69, 9.17) is 4.74 Å². The minimum Gasteiger partial charge on any atom is -0.484 e. The predicted octanol–water partition coefficient (Wildman–Crippen LogP) is 3.86. The van der Waals surface area contributed by atoms with Gasteiger partial charge in [0.1, 0.15) is 11.6 Å². The van der Waals surface area contributed by atoms with E-state index in [1.165, 1.54) is 24.3 Å². The molecule has 1 amide bonds. The lowest BCUT2D eigenvalue weighted by Gasteiger charge is -2.30. The highest BCUT2D eigenvalue weighted by Crippen LogP contribution is 2.35. The maximum atomic E-state index is 14.1. The third-order valence-corrected chi connectivity index (χ3v) is 4.39. The molecule has 0 aliphatic heterocycles. The van der Waals surface area contributed by atoms with Crippen LogP contribution >= 0.6 is 0 Å². The molecule has 1 aliphatic carbocycles. The summed E-state index contributed by atoms with van der Waals surface area (Å²) in [5, 5.41) is 10.8. The zero-order valence-electron chi connectivity index (χ0n) is 14.3. The summed E-state index contributed by atoms with van der Waals surface area (Å²) in [4.78, 5) is 24.6. The molecule has 0 unspecified atom stereocenters. The minimum absolute atomic E-state index is 0.0748. The lowest BCUT2D eigenvalue weighted by atomic mass is 10.1. The van der Waals surface area contributed by atoms with E-state index in [0.29, 0.717) is 5.56 Å². The highest BCUT2D eigenvalue weighted by atomic mass is 19.1. The molecule has 0 radical (unpaired) electrons. The van der Waals surface area contributed by atoms with Crippen molar-refractivity contribution < 1.29 is 18.8 Å². The molecule has 1 aliphatic rings. The second-order valence-corrected chi connectivity index (χ2v) is 6.27. The Balaban J connectivity index is 1.71. The molecule has 7 heteroatoms. The van der Waals surface area contributed by atoms with Crippen LogP contribution in [-0.4, -0.2) is 28.4 Å². The second-order valence-electron chi connectivity index (χ2n) is 6.27. The van der Waals surface area contributed by atoms with Crippen LogP contribution in [0.15, 0.2) is 48.5 Å². The summed E-state index contributed by atoms with van der Waals surface area (Å²) in [7, 11) is 0. The molecule has 0 saturated heterocycles. The zero-order valence-corrected chi connectivity index (χ0v) is 14.3. The molecule has 136 valence electrons. The van der Waals surface area contributed by atoms with Crippen LogP contribution in [0.4, 0.5) is 10.1 Å². The zero-order chi connectivity index (χ0) is 18.7. The quantitative estimate of drug-likeness (QED) is 0.556. The summed E-state index contributed by atoms with van der Waals surface area (Å²) in [5.74, 6) is -0.366. The van der Waals surface area contributed by atoms with E-state index in [1.54, 1.807) is 36.1 Å². The van der Waals surface area contributed by atoms with Crippen LogP contribution in [0, 0.1) is 15.9 Å². The third kappa shape index (κ3) is 3.99. The molecule has 6 nitrogen and oxygen atoms in total. The van der Waals surface area contributed by atoms with Crippen molar-refractivity contribution in [3.8, 4) is 5.75 Å². The van der Waals surface area contributed by atoms with Crippen LogP contribution < -0.4 is 4.74 Å². The average Bonchev–Trinajstić information content (AvgIpc) is 3.45. The lowest BCUT2D eigenvalue weighted by Crippen LogP contribution is -2.39. The van der Waals surface area contributed by atoms with E-state index in [0.717, 1.165) is 12.8 Å². The highest BCUT2D eigenvalue weighted by Gasteiger charge is 2.37. The standard InChI is InChI=1S/C19H19FN2O4/c1-13(17-7-2-3-8-18(17)20)21(14-9-10-14)19(23)12-26-16-6-4-5-15(11-16)22(24)25/h2-8,11,13-14H,9-10,12H2,1H3/t13-/m1/s1. The van der Waals surface area contributed by atoms with E-state index in [2.05, 4.69) is 0 Å². The first-order valence-electron chi connectivity index (χ1n) is 8.40. The number of carbonyl (C=O) groups is 1. The van der Waals surface area contributed by atoms with E-state index < -0.39 is 11.0 Å². The largest absolute Gasteiger partial charge is 0.484 e. The van der Waals surface area contributed by atoms with E-state index in [9.17, 15) is 19.3 Å². The van der Waals surface area contributed by atoms with E-state index >= 15 is 0 Å². The number of hydrogen-bond acceptors (Lipinski definition) is 4. The smallest absolute Gasteiger partial charge is 0.273 e. The number of amides is 1. The third-order valence-electron chi connectivity index (χ3n) is 4.39. The van der Waals surface area contributed by atoms with Gasteiger partial charge in [-0.1, -0.05) is 24.3 Å². The van der Waals surface area contributed by atoms with Gasteiger partial charge in [-0.25, -0.2) is 4.39 Å². The maximum absolute atomic E-state index is 14.1. The Morgan fingerprint density at radius 2 is 2.04 bits per heavy atom. The normalized spacial score (nSPS) is 14.5. The minimum atomic E-state index is -0.522. The van der Waals surface area contributed by atoms with Crippen LogP contribution in [0.25, 0.3) is 0 Å². The van der Waals surface area contributed by atoms with Gasteiger partial charge in [0, 0.05) is 17.7 Å². The van der Waals surface area contributed by atoms with Gasteiger partial charge in [0.05, 0.1) is 17.0 Å². The molecule has 0 aromatic heterocycles. The SMILES string of the molecule is C[C@H](c1ccccc1F)N(C(=O)COc1cccc([N+](=O)[O-])c1)C1CC1. The summed E-state index contributed by atoms with van der Waals surface area (Å²) in [5.41, 5.74) is 0.358. The highest BCUT2D eigenvalue weighted by molar-refractivity contribution is 5.79. The Morgan fingerprint density at radius 3 is 2.69 bits per heavy atom. The molecule has 1 saturated carbocycles. The van der Waals surface area contributed by atoms with Gasteiger partial charge < -0.3 is 9.64 Å². The number of nitrogens with zero attached hydrogens (tertiary/aromatic N) is 2. The van der Waals surface area contributed by atoms with Gasteiger partial charge in [-0.3, -0.25) is 14.9 Å². The second kappa shape index (κ2) is 7.51. The number of nitro benzene ring substituents is 1. The Bertz CT molecular complexity index is 823. The Labute approximate surface area is 150 Å². The fourth-order valence-corrected chi connectivity index (χ4v) is 2.96. The van der Waals surface area contributed by atoms with Crippen LogP contribution in [-0.2, 0) is 4.79 Å². The first kappa shape index (κ1) is 17.8. The summed E-state index contributed by atoms with van der Waals surface area (Å²) in [6.45, 7) is 1.54. The van der Waals surface area contributed by atoms with Gasteiger partial charge in [-0.15, -0.1) is 0 Å².